The monoisotopic (exact) mass is 404 g/mol. The fourth-order valence-corrected chi connectivity index (χ4v) is 2.66. The number of carbonyl (C=O) groups is 2. The maximum absolute atomic E-state index is 12.0. The van der Waals surface area contributed by atoms with Gasteiger partial charge in [-0.1, -0.05) is 23.7 Å². The quantitative estimate of drug-likeness (QED) is 0.482. The second-order valence-electron chi connectivity index (χ2n) is 5.60. The van der Waals surface area contributed by atoms with Crippen molar-refractivity contribution in [1.29, 1.82) is 0 Å². The molecule has 0 fully saturated rings. The van der Waals surface area contributed by atoms with Crippen LogP contribution in [0.25, 0.3) is 6.08 Å². The molecule has 0 saturated carbocycles. The number of ether oxygens (including phenoxy) is 4. The van der Waals surface area contributed by atoms with E-state index >= 15 is 0 Å². The molecule has 0 amide bonds. The molecule has 2 aromatic rings. The van der Waals surface area contributed by atoms with E-state index in [-0.39, 0.29) is 6.61 Å². The first-order valence-electron chi connectivity index (χ1n) is 8.50. The molecule has 0 heterocycles. The maximum atomic E-state index is 12.0. The molecule has 7 heteroatoms. The van der Waals surface area contributed by atoms with Crippen molar-refractivity contribution in [2.24, 2.45) is 0 Å². The highest BCUT2D eigenvalue weighted by Gasteiger charge is 2.11. The van der Waals surface area contributed by atoms with Gasteiger partial charge in [0, 0.05) is 6.08 Å². The Kier molecular flexibility index (Phi) is 7.89. The van der Waals surface area contributed by atoms with Gasteiger partial charge in [-0.05, 0) is 48.4 Å². The third kappa shape index (κ3) is 5.76. The van der Waals surface area contributed by atoms with Gasteiger partial charge in [0.25, 0.3) is 0 Å². The van der Waals surface area contributed by atoms with Gasteiger partial charge in [0.05, 0.1) is 31.4 Å². The zero-order chi connectivity index (χ0) is 20.5. The Bertz CT molecular complexity index is 858. The molecule has 148 valence electrons. The molecule has 2 aromatic carbocycles. The fourth-order valence-electron chi connectivity index (χ4n) is 2.37. The highest BCUT2D eigenvalue weighted by Crippen LogP contribution is 2.36. The van der Waals surface area contributed by atoms with Crippen molar-refractivity contribution in [3.63, 3.8) is 0 Å². The molecule has 0 N–H and O–H groups in total. The number of esters is 2. The first-order valence-corrected chi connectivity index (χ1v) is 8.88. The summed E-state index contributed by atoms with van der Waals surface area (Å²) in [4.78, 5) is 23.4. The number of rotatable bonds is 8. The van der Waals surface area contributed by atoms with E-state index in [0.29, 0.717) is 34.3 Å². The van der Waals surface area contributed by atoms with Gasteiger partial charge < -0.3 is 18.9 Å². The van der Waals surface area contributed by atoms with E-state index in [4.69, 9.17) is 25.8 Å². The molecule has 6 nitrogen and oxygen atoms in total. The average molecular weight is 405 g/mol. The Labute approximate surface area is 168 Å². The van der Waals surface area contributed by atoms with Crippen LogP contribution in [0.4, 0.5) is 0 Å². The number of hydrogen-bond acceptors (Lipinski definition) is 6. The topological polar surface area (TPSA) is 71.1 Å². The lowest BCUT2D eigenvalue weighted by Crippen LogP contribution is -2.03. The van der Waals surface area contributed by atoms with Gasteiger partial charge in [-0.3, -0.25) is 0 Å². The van der Waals surface area contributed by atoms with Crippen LogP contribution in [-0.4, -0.2) is 32.8 Å². The molecule has 0 bridgehead atoms. The number of carbonyl (C=O) groups excluding carboxylic acids is 2. The predicted octanol–water partition coefficient (Wildman–Crippen LogP) is 4.29. The van der Waals surface area contributed by atoms with E-state index in [1.807, 2.05) is 6.92 Å². The van der Waals surface area contributed by atoms with E-state index in [1.165, 1.54) is 20.3 Å². The molecule has 0 aromatic heterocycles. The first kappa shape index (κ1) is 21.3. The summed E-state index contributed by atoms with van der Waals surface area (Å²) in [5, 5.41) is 0.382. The van der Waals surface area contributed by atoms with Crippen LogP contribution < -0.4 is 9.47 Å². The average Bonchev–Trinajstić information content (AvgIpc) is 2.70. The summed E-state index contributed by atoms with van der Waals surface area (Å²) in [5.74, 6) is 0.00727. The molecule has 28 heavy (non-hydrogen) atoms. The van der Waals surface area contributed by atoms with Gasteiger partial charge in [0.2, 0.25) is 0 Å². The van der Waals surface area contributed by atoms with Crippen molar-refractivity contribution in [1.82, 2.24) is 0 Å². The summed E-state index contributed by atoms with van der Waals surface area (Å²) in [7, 11) is 2.83. The number of halogens is 1. The predicted molar refractivity (Wildman–Crippen MR) is 106 cm³/mol. The summed E-state index contributed by atoms with van der Waals surface area (Å²) >= 11 is 6.18. The minimum Gasteiger partial charge on any atom is -0.491 e. The first-order chi connectivity index (χ1) is 13.5. The lowest BCUT2D eigenvalue weighted by atomic mass is 10.1. The molecule has 0 atom stereocenters. The van der Waals surface area contributed by atoms with Gasteiger partial charge in [-0.15, -0.1) is 0 Å². The van der Waals surface area contributed by atoms with Crippen LogP contribution in [0.1, 0.15) is 28.4 Å². The largest absolute Gasteiger partial charge is 0.491 e. The lowest BCUT2D eigenvalue weighted by molar-refractivity contribution is -0.138. The Hall–Kier alpha value is -2.99. The van der Waals surface area contributed by atoms with Crippen LogP contribution >= 0.6 is 11.6 Å². The van der Waals surface area contributed by atoms with Gasteiger partial charge in [-0.25, -0.2) is 9.59 Å². The van der Waals surface area contributed by atoms with Crippen LogP contribution in [0, 0.1) is 0 Å². The molecule has 0 spiro atoms. The third-order valence-corrected chi connectivity index (χ3v) is 3.98. The standard InChI is InChI=1S/C21H21ClO6/c1-4-27-18-12-15(11-17(22)20(18)25-2)7-10-19(23)28-13-14-5-8-16(9-6-14)21(24)26-3/h5-12H,4,13H2,1-3H3/b10-7+. The zero-order valence-electron chi connectivity index (χ0n) is 15.9. The molecular weight excluding hydrogens is 384 g/mol. The molecule has 2 rings (SSSR count). The molecule has 0 aliphatic rings. The molecule has 0 aliphatic carbocycles. The lowest BCUT2D eigenvalue weighted by Gasteiger charge is -2.11. The summed E-state index contributed by atoms with van der Waals surface area (Å²) in [6.07, 6.45) is 2.88. The molecule has 0 saturated heterocycles. The van der Waals surface area contributed by atoms with E-state index in [1.54, 1.807) is 42.5 Å². The van der Waals surface area contributed by atoms with Gasteiger partial charge in [-0.2, -0.15) is 0 Å². The summed E-state index contributed by atoms with van der Waals surface area (Å²) in [6.45, 7) is 2.39. The fraction of sp³-hybridized carbons (Fsp3) is 0.238. The van der Waals surface area contributed by atoms with Crippen molar-refractivity contribution in [3.05, 3.63) is 64.2 Å². The Morgan fingerprint density at radius 3 is 2.43 bits per heavy atom. The second kappa shape index (κ2) is 10.4. The minimum atomic E-state index is -0.512. The van der Waals surface area contributed by atoms with E-state index in [9.17, 15) is 9.59 Å². The summed E-state index contributed by atoms with van der Waals surface area (Å²) < 4.78 is 20.6. The highest BCUT2D eigenvalue weighted by atomic mass is 35.5. The number of methoxy groups -OCH3 is 2. The van der Waals surface area contributed by atoms with E-state index < -0.39 is 11.9 Å². The highest BCUT2D eigenvalue weighted by molar-refractivity contribution is 6.32. The van der Waals surface area contributed by atoms with Crippen molar-refractivity contribution in [2.45, 2.75) is 13.5 Å². The molecule has 0 unspecified atom stereocenters. The van der Waals surface area contributed by atoms with Crippen LogP contribution in [-0.2, 0) is 20.9 Å². The maximum Gasteiger partial charge on any atom is 0.337 e. The van der Waals surface area contributed by atoms with Crippen molar-refractivity contribution < 1.29 is 28.5 Å². The van der Waals surface area contributed by atoms with Crippen molar-refractivity contribution in [3.8, 4) is 11.5 Å². The normalized spacial score (nSPS) is 10.6. The second-order valence-corrected chi connectivity index (χ2v) is 6.00. The zero-order valence-corrected chi connectivity index (χ0v) is 16.6. The molecular formula is C21H21ClO6. The third-order valence-electron chi connectivity index (χ3n) is 3.70. The van der Waals surface area contributed by atoms with Crippen LogP contribution in [0.3, 0.4) is 0 Å². The Morgan fingerprint density at radius 1 is 1.11 bits per heavy atom. The van der Waals surface area contributed by atoms with E-state index in [0.717, 1.165) is 5.56 Å². The molecule has 0 aliphatic heterocycles. The number of benzene rings is 2. The van der Waals surface area contributed by atoms with Gasteiger partial charge >= 0.3 is 11.9 Å². The van der Waals surface area contributed by atoms with E-state index in [2.05, 4.69) is 4.74 Å². The van der Waals surface area contributed by atoms with Crippen LogP contribution in [0.2, 0.25) is 5.02 Å². The van der Waals surface area contributed by atoms with Crippen molar-refractivity contribution >= 4 is 29.6 Å². The summed E-state index contributed by atoms with van der Waals surface area (Å²) in [6, 6.07) is 10.0. The van der Waals surface area contributed by atoms with Gasteiger partial charge in [0.1, 0.15) is 6.61 Å². The minimum absolute atomic E-state index is 0.0815. The summed E-state index contributed by atoms with van der Waals surface area (Å²) in [5.41, 5.74) is 1.85. The van der Waals surface area contributed by atoms with Crippen molar-refractivity contribution in [2.75, 3.05) is 20.8 Å². The Morgan fingerprint density at radius 2 is 1.82 bits per heavy atom. The van der Waals surface area contributed by atoms with Crippen LogP contribution in [0.5, 0.6) is 11.5 Å². The smallest absolute Gasteiger partial charge is 0.337 e. The van der Waals surface area contributed by atoms with Crippen LogP contribution in [0.15, 0.2) is 42.5 Å². The Balaban J connectivity index is 1.99. The number of hydrogen-bond donors (Lipinski definition) is 0. The SMILES string of the molecule is CCOc1cc(/C=C/C(=O)OCc2ccc(C(=O)OC)cc2)cc(Cl)c1OC. The van der Waals surface area contributed by atoms with Gasteiger partial charge in [0.15, 0.2) is 11.5 Å². The molecule has 0 radical (unpaired) electrons.